The molecule has 1 aromatic heterocycles. The van der Waals surface area contributed by atoms with E-state index >= 15 is 0 Å². The minimum atomic E-state index is -4.90. The summed E-state index contributed by atoms with van der Waals surface area (Å²) < 4.78 is 52.8. The number of amides is 1. The van der Waals surface area contributed by atoms with Crippen LogP contribution >= 0.6 is 0 Å². The van der Waals surface area contributed by atoms with Crippen molar-refractivity contribution in [2.24, 2.45) is 0 Å². The van der Waals surface area contributed by atoms with Gasteiger partial charge in [0, 0.05) is 11.8 Å². The van der Waals surface area contributed by atoms with E-state index in [2.05, 4.69) is 10.4 Å². The van der Waals surface area contributed by atoms with Gasteiger partial charge in [-0.05, 0) is 29.8 Å². The third-order valence-corrected chi connectivity index (χ3v) is 3.80. The van der Waals surface area contributed by atoms with E-state index < -0.39 is 29.0 Å². The van der Waals surface area contributed by atoms with Crippen molar-refractivity contribution in [2.45, 2.75) is 12.7 Å². The standard InChI is InChI=1S/C19H13F4N3O2/c20-15-7-6-13(10-14(15)19(21,22)23)24-18(28)16-8-9-17(27)26(25-16)11-12-4-2-1-3-5-12/h1-10H,11H2,(H,24,28). The average molecular weight is 391 g/mol. The van der Waals surface area contributed by atoms with Crippen LogP contribution in [0, 0.1) is 5.82 Å². The number of carbonyl (C=O) groups is 1. The number of benzene rings is 2. The van der Waals surface area contributed by atoms with Crippen LogP contribution in [-0.4, -0.2) is 15.7 Å². The lowest BCUT2D eigenvalue weighted by Crippen LogP contribution is -2.26. The average Bonchev–Trinajstić information content (AvgIpc) is 2.65. The van der Waals surface area contributed by atoms with Gasteiger partial charge in [0.15, 0.2) is 0 Å². The van der Waals surface area contributed by atoms with Crippen molar-refractivity contribution in [3.63, 3.8) is 0 Å². The molecule has 28 heavy (non-hydrogen) atoms. The molecule has 0 bridgehead atoms. The Labute approximate surface area is 156 Å². The summed E-state index contributed by atoms with van der Waals surface area (Å²) in [7, 11) is 0. The molecule has 5 nitrogen and oxygen atoms in total. The van der Waals surface area contributed by atoms with Crippen molar-refractivity contribution >= 4 is 11.6 Å². The van der Waals surface area contributed by atoms with Crippen LogP contribution in [0.4, 0.5) is 23.2 Å². The molecular formula is C19H13F4N3O2. The zero-order chi connectivity index (χ0) is 20.3. The predicted molar refractivity (Wildman–Crippen MR) is 93.4 cm³/mol. The normalized spacial score (nSPS) is 11.3. The maximum atomic E-state index is 13.3. The summed E-state index contributed by atoms with van der Waals surface area (Å²) in [5, 5.41) is 6.17. The molecule has 0 atom stereocenters. The van der Waals surface area contributed by atoms with E-state index in [1.54, 1.807) is 24.3 Å². The highest BCUT2D eigenvalue weighted by Gasteiger charge is 2.34. The molecule has 9 heteroatoms. The van der Waals surface area contributed by atoms with Crippen molar-refractivity contribution in [3.8, 4) is 0 Å². The second kappa shape index (κ2) is 7.63. The maximum Gasteiger partial charge on any atom is 0.419 e. The quantitative estimate of drug-likeness (QED) is 0.690. The molecule has 0 saturated carbocycles. The third kappa shape index (κ3) is 4.43. The van der Waals surface area contributed by atoms with Crippen LogP contribution in [0.1, 0.15) is 21.6 Å². The van der Waals surface area contributed by atoms with Gasteiger partial charge in [0.1, 0.15) is 11.5 Å². The van der Waals surface area contributed by atoms with Gasteiger partial charge < -0.3 is 5.32 Å². The van der Waals surface area contributed by atoms with E-state index in [1.807, 2.05) is 6.07 Å². The summed E-state index contributed by atoms with van der Waals surface area (Å²) in [6, 6.07) is 13.3. The van der Waals surface area contributed by atoms with E-state index in [4.69, 9.17) is 0 Å². The fourth-order valence-corrected chi connectivity index (χ4v) is 2.46. The minimum Gasteiger partial charge on any atom is -0.321 e. The van der Waals surface area contributed by atoms with Gasteiger partial charge >= 0.3 is 6.18 Å². The first-order chi connectivity index (χ1) is 13.2. The fourth-order valence-electron chi connectivity index (χ4n) is 2.46. The second-order valence-corrected chi connectivity index (χ2v) is 5.85. The molecule has 0 aliphatic rings. The first kappa shape index (κ1) is 19.3. The molecule has 0 aliphatic heterocycles. The first-order valence-corrected chi connectivity index (χ1v) is 8.04. The zero-order valence-corrected chi connectivity index (χ0v) is 14.2. The van der Waals surface area contributed by atoms with Gasteiger partial charge in [-0.3, -0.25) is 9.59 Å². The van der Waals surface area contributed by atoms with E-state index in [1.165, 1.54) is 0 Å². The molecule has 144 valence electrons. The number of alkyl halides is 3. The molecule has 0 spiro atoms. The Morgan fingerprint density at radius 1 is 1.04 bits per heavy atom. The Kier molecular flexibility index (Phi) is 5.25. The number of hydrogen-bond donors (Lipinski definition) is 1. The predicted octanol–water partition coefficient (Wildman–Crippen LogP) is 3.70. The number of rotatable bonds is 4. The molecule has 0 unspecified atom stereocenters. The Balaban J connectivity index is 1.84. The number of nitrogens with one attached hydrogen (secondary N) is 1. The Bertz CT molecular complexity index is 1060. The van der Waals surface area contributed by atoms with E-state index in [0.29, 0.717) is 12.1 Å². The maximum absolute atomic E-state index is 13.3. The van der Waals surface area contributed by atoms with Crippen molar-refractivity contribution in [3.05, 3.63) is 93.7 Å². The van der Waals surface area contributed by atoms with Crippen molar-refractivity contribution < 1.29 is 22.4 Å². The molecule has 3 rings (SSSR count). The van der Waals surface area contributed by atoms with Crippen molar-refractivity contribution in [1.82, 2.24) is 9.78 Å². The third-order valence-electron chi connectivity index (χ3n) is 3.80. The van der Waals surface area contributed by atoms with Gasteiger partial charge in [0.25, 0.3) is 11.5 Å². The summed E-state index contributed by atoms with van der Waals surface area (Å²) in [5.74, 6) is -2.28. The highest BCUT2D eigenvalue weighted by atomic mass is 19.4. The number of aromatic nitrogens is 2. The molecule has 0 radical (unpaired) electrons. The van der Waals surface area contributed by atoms with Crippen molar-refractivity contribution in [2.75, 3.05) is 5.32 Å². The lowest BCUT2D eigenvalue weighted by atomic mass is 10.1. The van der Waals surface area contributed by atoms with Crippen LogP contribution in [0.2, 0.25) is 0 Å². The monoisotopic (exact) mass is 391 g/mol. The number of halogens is 4. The zero-order valence-electron chi connectivity index (χ0n) is 14.2. The Morgan fingerprint density at radius 3 is 2.43 bits per heavy atom. The number of nitrogens with zero attached hydrogens (tertiary/aromatic N) is 2. The van der Waals surface area contributed by atoms with Crippen LogP contribution in [-0.2, 0) is 12.7 Å². The largest absolute Gasteiger partial charge is 0.419 e. The van der Waals surface area contributed by atoms with Crippen LogP contribution < -0.4 is 10.9 Å². The summed E-state index contributed by atoms with van der Waals surface area (Å²) in [5.41, 5.74) is -1.58. The van der Waals surface area contributed by atoms with Gasteiger partial charge in [0.05, 0.1) is 12.1 Å². The van der Waals surface area contributed by atoms with Gasteiger partial charge in [-0.15, -0.1) is 0 Å². The van der Waals surface area contributed by atoms with Gasteiger partial charge in [-0.25, -0.2) is 9.07 Å². The lowest BCUT2D eigenvalue weighted by molar-refractivity contribution is -0.139. The molecule has 0 fully saturated rings. The topological polar surface area (TPSA) is 64.0 Å². The van der Waals surface area contributed by atoms with Crippen LogP contribution in [0.25, 0.3) is 0 Å². The molecule has 1 heterocycles. The van der Waals surface area contributed by atoms with E-state index in [-0.39, 0.29) is 17.9 Å². The van der Waals surface area contributed by atoms with Gasteiger partial charge in [-0.2, -0.15) is 18.3 Å². The molecule has 0 saturated heterocycles. The van der Waals surface area contributed by atoms with Crippen LogP contribution in [0.3, 0.4) is 0 Å². The molecule has 2 aromatic carbocycles. The van der Waals surface area contributed by atoms with Crippen LogP contribution in [0.5, 0.6) is 0 Å². The number of anilines is 1. The SMILES string of the molecule is O=C(Nc1ccc(F)c(C(F)(F)F)c1)c1ccc(=O)n(Cc2ccccc2)n1. The summed E-state index contributed by atoms with van der Waals surface area (Å²) >= 11 is 0. The Morgan fingerprint density at radius 2 is 1.75 bits per heavy atom. The van der Waals surface area contributed by atoms with E-state index in [9.17, 15) is 27.2 Å². The van der Waals surface area contributed by atoms with Gasteiger partial charge in [0.2, 0.25) is 0 Å². The van der Waals surface area contributed by atoms with Crippen LogP contribution in [0.15, 0.2) is 65.5 Å². The fraction of sp³-hybridized carbons (Fsp3) is 0.105. The number of hydrogen-bond acceptors (Lipinski definition) is 3. The smallest absolute Gasteiger partial charge is 0.321 e. The molecule has 3 aromatic rings. The highest BCUT2D eigenvalue weighted by Crippen LogP contribution is 2.33. The summed E-state index contributed by atoms with van der Waals surface area (Å²) in [4.78, 5) is 24.3. The van der Waals surface area contributed by atoms with E-state index in [0.717, 1.165) is 28.4 Å². The summed E-state index contributed by atoms with van der Waals surface area (Å²) in [6.45, 7) is 0.121. The molecule has 0 aliphatic carbocycles. The Hall–Kier alpha value is -3.49. The lowest BCUT2D eigenvalue weighted by Gasteiger charge is -2.11. The number of carbonyl (C=O) groups excluding carboxylic acids is 1. The second-order valence-electron chi connectivity index (χ2n) is 5.85. The molecular weight excluding hydrogens is 378 g/mol. The first-order valence-electron chi connectivity index (χ1n) is 8.04. The van der Waals surface area contributed by atoms with Gasteiger partial charge in [-0.1, -0.05) is 30.3 Å². The molecule has 1 N–H and O–H groups in total. The van der Waals surface area contributed by atoms with Crippen molar-refractivity contribution in [1.29, 1.82) is 0 Å². The minimum absolute atomic E-state index is 0.121. The summed E-state index contributed by atoms with van der Waals surface area (Å²) in [6.07, 6.45) is -4.90. The highest BCUT2D eigenvalue weighted by molar-refractivity contribution is 6.02. The molecule has 1 amide bonds.